The molecule has 1 aliphatic carbocycles. The quantitative estimate of drug-likeness (QED) is 0.793. The number of hydrogen-bond acceptors (Lipinski definition) is 2. The number of nitrogens with zero attached hydrogens (tertiary/aromatic N) is 1. The lowest BCUT2D eigenvalue weighted by Gasteiger charge is -2.25. The summed E-state index contributed by atoms with van der Waals surface area (Å²) < 4.78 is 5.34. The lowest BCUT2D eigenvalue weighted by molar-refractivity contribution is -0.399. The number of aryl methyl sites for hydroxylation is 2. The summed E-state index contributed by atoms with van der Waals surface area (Å²) in [4.78, 5) is 9.51. The van der Waals surface area contributed by atoms with Gasteiger partial charge in [-0.15, -0.1) is 0 Å². The molecule has 0 saturated carbocycles. The number of aromatic amines is 2. The van der Waals surface area contributed by atoms with Crippen LogP contribution in [-0.2, 0) is 24.0 Å². The normalized spacial score (nSPS) is 21.2. The SMILES string of the molecule is C1Cc2[nH]c(CCN3CCOCC3)[nH+]c2C1. The molecule has 16 heavy (non-hydrogen) atoms. The maximum atomic E-state index is 5.34. The Morgan fingerprint density at radius 3 is 2.94 bits per heavy atom. The summed E-state index contributed by atoms with van der Waals surface area (Å²) in [7, 11) is 0. The molecule has 0 spiro atoms. The molecule has 0 aromatic carbocycles. The van der Waals surface area contributed by atoms with Gasteiger partial charge in [0.05, 0.1) is 19.6 Å². The zero-order valence-electron chi connectivity index (χ0n) is 9.72. The fraction of sp³-hybridized carbons (Fsp3) is 0.750. The van der Waals surface area contributed by atoms with E-state index in [1.807, 2.05) is 0 Å². The van der Waals surface area contributed by atoms with Crippen molar-refractivity contribution in [2.45, 2.75) is 25.7 Å². The van der Waals surface area contributed by atoms with E-state index >= 15 is 0 Å². The average Bonchev–Trinajstić information content (AvgIpc) is 2.88. The molecule has 2 aliphatic rings. The Balaban J connectivity index is 1.53. The highest BCUT2D eigenvalue weighted by molar-refractivity contribution is 5.13. The smallest absolute Gasteiger partial charge is 0.253 e. The van der Waals surface area contributed by atoms with E-state index in [2.05, 4.69) is 14.9 Å². The van der Waals surface area contributed by atoms with Gasteiger partial charge in [-0.2, -0.15) is 0 Å². The molecule has 0 unspecified atom stereocenters. The van der Waals surface area contributed by atoms with Crippen LogP contribution in [-0.4, -0.2) is 42.7 Å². The summed E-state index contributed by atoms with van der Waals surface area (Å²) in [5.74, 6) is 1.30. The van der Waals surface area contributed by atoms with E-state index in [0.29, 0.717) is 0 Å². The van der Waals surface area contributed by atoms with Crippen LogP contribution in [0.3, 0.4) is 0 Å². The van der Waals surface area contributed by atoms with E-state index in [4.69, 9.17) is 4.74 Å². The number of hydrogen-bond donors (Lipinski definition) is 1. The summed E-state index contributed by atoms with van der Waals surface area (Å²) in [6.07, 6.45) is 4.86. The monoisotopic (exact) mass is 222 g/mol. The molecular formula is C12H20N3O+. The zero-order chi connectivity index (χ0) is 10.8. The van der Waals surface area contributed by atoms with Crippen molar-refractivity contribution in [2.75, 3.05) is 32.8 Å². The van der Waals surface area contributed by atoms with E-state index < -0.39 is 0 Å². The third-order valence-corrected chi connectivity index (χ3v) is 3.60. The Hall–Kier alpha value is -0.870. The molecule has 0 amide bonds. The van der Waals surface area contributed by atoms with E-state index in [-0.39, 0.29) is 0 Å². The van der Waals surface area contributed by atoms with Gasteiger partial charge in [-0.25, -0.2) is 9.97 Å². The number of nitrogens with one attached hydrogen (secondary N) is 2. The van der Waals surface area contributed by atoms with Crippen molar-refractivity contribution in [2.24, 2.45) is 0 Å². The van der Waals surface area contributed by atoms with Crippen molar-refractivity contribution in [3.8, 4) is 0 Å². The van der Waals surface area contributed by atoms with Gasteiger partial charge in [-0.05, 0) is 6.42 Å². The van der Waals surface area contributed by atoms with Gasteiger partial charge in [-0.3, -0.25) is 4.90 Å². The van der Waals surface area contributed by atoms with Crippen LogP contribution >= 0.6 is 0 Å². The lowest BCUT2D eigenvalue weighted by atomic mass is 10.3. The van der Waals surface area contributed by atoms with Gasteiger partial charge in [0.25, 0.3) is 5.82 Å². The van der Waals surface area contributed by atoms with Crippen LogP contribution in [0.15, 0.2) is 0 Å². The molecule has 0 atom stereocenters. The summed E-state index contributed by atoms with van der Waals surface area (Å²) in [5.41, 5.74) is 2.88. The van der Waals surface area contributed by atoms with Crippen molar-refractivity contribution in [3.05, 3.63) is 17.2 Å². The first-order valence-electron chi connectivity index (χ1n) is 6.34. The molecule has 4 nitrogen and oxygen atoms in total. The summed E-state index contributed by atoms with van der Waals surface area (Å²) in [6, 6.07) is 0. The molecule has 3 rings (SSSR count). The minimum atomic E-state index is 0.894. The lowest BCUT2D eigenvalue weighted by Crippen LogP contribution is -2.38. The minimum Gasteiger partial charge on any atom is -0.379 e. The largest absolute Gasteiger partial charge is 0.379 e. The first-order valence-corrected chi connectivity index (χ1v) is 6.34. The van der Waals surface area contributed by atoms with Crippen LogP contribution in [0.2, 0.25) is 0 Å². The van der Waals surface area contributed by atoms with Gasteiger partial charge in [0, 0.05) is 32.5 Å². The second-order valence-corrected chi connectivity index (χ2v) is 4.74. The molecule has 4 heteroatoms. The number of H-pyrrole nitrogens is 2. The number of fused-ring (bicyclic) bond motifs is 1. The van der Waals surface area contributed by atoms with E-state index in [1.54, 1.807) is 0 Å². The Kier molecular flexibility index (Phi) is 2.93. The van der Waals surface area contributed by atoms with Gasteiger partial charge in [-0.1, -0.05) is 0 Å². The Bertz CT molecular complexity index is 334. The Morgan fingerprint density at radius 1 is 1.25 bits per heavy atom. The van der Waals surface area contributed by atoms with Gasteiger partial charge in [0.15, 0.2) is 0 Å². The predicted molar refractivity (Wildman–Crippen MR) is 60.3 cm³/mol. The van der Waals surface area contributed by atoms with Crippen molar-refractivity contribution in [1.82, 2.24) is 9.88 Å². The molecule has 1 saturated heterocycles. The van der Waals surface area contributed by atoms with Gasteiger partial charge in [0.2, 0.25) is 0 Å². The molecule has 1 fully saturated rings. The molecule has 1 aromatic heterocycles. The minimum absolute atomic E-state index is 0.894. The molecule has 2 N–H and O–H groups in total. The molecule has 1 aromatic rings. The highest BCUT2D eigenvalue weighted by Gasteiger charge is 2.22. The maximum absolute atomic E-state index is 5.34. The van der Waals surface area contributed by atoms with Crippen molar-refractivity contribution >= 4 is 0 Å². The first-order chi connectivity index (χ1) is 7.92. The van der Waals surface area contributed by atoms with Crippen LogP contribution in [0, 0.1) is 0 Å². The topological polar surface area (TPSA) is 42.4 Å². The fourth-order valence-electron chi connectivity index (χ4n) is 2.63. The van der Waals surface area contributed by atoms with Crippen LogP contribution in [0.1, 0.15) is 23.6 Å². The predicted octanol–water partition coefficient (Wildman–Crippen LogP) is 0.192. The number of imidazole rings is 1. The molecule has 0 radical (unpaired) electrons. The number of ether oxygens (including phenoxy) is 1. The third kappa shape index (κ3) is 2.13. The van der Waals surface area contributed by atoms with Crippen molar-refractivity contribution < 1.29 is 9.72 Å². The van der Waals surface area contributed by atoms with Crippen LogP contribution < -0.4 is 4.98 Å². The summed E-state index contributed by atoms with van der Waals surface area (Å²) in [5, 5.41) is 0. The average molecular weight is 222 g/mol. The number of morpholine rings is 1. The van der Waals surface area contributed by atoms with Gasteiger partial charge < -0.3 is 4.74 Å². The van der Waals surface area contributed by atoms with Crippen molar-refractivity contribution in [3.63, 3.8) is 0 Å². The van der Waals surface area contributed by atoms with E-state index in [0.717, 1.165) is 39.3 Å². The molecule has 0 bridgehead atoms. The molecule has 1 aliphatic heterocycles. The molecule has 88 valence electrons. The third-order valence-electron chi connectivity index (χ3n) is 3.60. The van der Waals surface area contributed by atoms with Crippen molar-refractivity contribution in [1.29, 1.82) is 0 Å². The van der Waals surface area contributed by atoms with E-state index in [9.17, 15) is 0 Å². The standard InChI is InChI=1S/C12H19N3O/c1-2-10-11(3-1)14-12(13-10)4-5-15-6-8-16-9-7-15/h1-9H2,(H,13,14)/p+1. The number of aromatic nitrogens is 2. The highest BCUT2D eigenvalue weighted by atomic mass is 16.5. The number of rotatable bonds is 3. The van der Waals surface area contributed by atoms with E-state index in [1.165, 1.54) is 36.5 Å². The fourth-order valence-corrected chi connectivity index (χ4v) is 2.63. The van der Waals surface area contributed by atoms with Crippen LogP contribution in [0.25, 0.3) is 0 Å². The van der Waals surface area contributed by atoms with Crippen LogP contribution in [0.4, 0.5) is 0 Å². The first kappa shape index (κ1) is 10.3. The second-order valence-electron chi connectivity index (χ2n) is 4.74. The summed E-state index contributed by atoms with van der Waals surface area (Å²) in [6.45, 7) is 5.09. The molecular weight excluding hydrogens is 202 g/mol. The second kappa shape index (κ2) is 4.55. The molecule has 2 heterocycles. The highest BCUT2D eigenvalue weighted by Crippen LogP contribution is 2.15. The zero-order valence-corrected chi connectivity index (χ0v) is 9.72. The van der Waals surface area contributed by atoms with Crippen LogP contribution in [0.5, 0.6) is 0 Å². The summed E-state index contributed by atoms with van der Waals surface area (Å²) >= 11 is 0. The maximum Gasteiger partial charge on any atom is 0.253 e. The Morgan fingerprint density at radius 2 is 2.12 bits per heavy atom. The Labute approximate surface area is 96.0 Å². The van der Waals surface area contributed by atoms with Gasteiger partial charge in [0.1, 0.15) is 11.4 Å². The van der Waals surface area contributed by atoms with Gasteiger partial charge >= 0.3 is 0 Å².